The second-order valence-electron chi connectivity index (χ2n) is 4.23. The fraction of sp³-hybridized carbons (Fsp3) is 0.231. The highest BCUT2D eigenvalue weighted by Gasteiger charge is 2.08. The maximum Gasteiger partial charge on any atom is 0.225 e. The molecule has 94 valence electrons. The summed E-state index contributed by atoms with van der Waals surface area (Å²) in [6.45, 7) is 4.07. The minimum Gasteiger partial charge on any atom is -0.439 e. The lowest BCUT2D eigenvalue weighted by molar-refractivity contribution is 0.459. The van der Waals surface area contributed by atoms with Crippen molar-refractivity contribution in [2.24, 2.45) is 0 Å². The largest absolute Gasteiger partial charge is 0.439 e. The number of nitrogens with zero attached hydrogens (tertiary/aromatic N) is 2. The van der Waals surface area contributed by atoms with E-state index in [2.05, 4.69) is 9.97 Å². The van der Waals surface area contributed by atoms with Crippen LogP contribution in [0.1, 0.15) is 25.5 Å². The van der Waals surface area contributed by atoms with E-state index in [0.717, 1.165) is 5.69 Å². The van der Waals surface area contributed by atoms with Crippen molar-refractivity contribution in [3.63, 3.8) is 0 Å². The molecule has 0 aliphatic heterocycles. The van der Waals surface area contributed by atoms with Gasteiger partial charge in [0, 0.05) is 11.8 Å². The number of nitrogens with two attached hydrogens (primary N) is 1. The number of aromatic nitrogens is 2. The van der Waals surface area contributed by atoms with Gasteiger partial charge in [0.1, 0.15) is 5.75 Å². The third-order valence-corrected chi connectivity index (χ3v) is 2.56. The topological polar surface area (TPSA) is 61.0 Å². The molecule has 0 saturated heterocycles. The average Bonchev–Trinajstić information content (AvgIpc) is 2.31. The Morgan fingerprint density at radius 2 is 1.83 bits per heavy atom. The van der Waals surface area contributed by atoms with Gasteiger partial charge < -0.3 is 10.5 Å². The van der Waals surface area contributed by atoms with E-state index in [0.29, 0.717) is 17.3 Å². The molecule has 0 aliphatic carbocycles. The van der Waals surface area contributed by atoms with Crippen LogP contribution in [0.3, 0.4) is 0 Å². The molecule has 0 radical (unpaired) electrons. The van der Waals surface area contributed by atoms with Crippen molar-refractivity contribution in [2.75, 3.05) is 5.73 Å². The molecule has 1 aromatic heterocycles. The highest BCUT2D eigenvalue weighted by Crippen LogP contribution is 2.24. The van der Waals surface area contributed by atoms with Gasteiger partial charge in [-0.25, -0.2) is 4.98 Å². The Morgan fingerprint density at radius 3 is 2.44 bits per heavy atom. The molecule has 5 heteroatoms. The number of halogens is 1. The normalized spacial score (nSPS) is 10.7. The van der Waals surface area contributed by atoms with Gasteiger partial charge in [0.05, 0.1) is 5.69 Å². The minimum absolute atomic E-state index is 0.187. The van der Waals surface area contributed by atoms with Crippen LogP contribution in [0.25, 0.3) is 0 Å². The quantitative estimate of drug-likeness (QED) is 0.679. The first-order valence-electron chi connectivity index (χ1n) is 5.62. The van der Waals surface area contributed by atoms with Crippen LogP contribution < -0.4 is 10.5 Å². The number of benzene rings is 1. The van der Waals surface area contributed by atoms with E-state index in [1.54, 1.807) is 30.3 Å². The monoisotopic (exact) mass is 263 g/mol. The molecule has 0 aliphatic rings. The van der Waals surface area contributed by atoms with Gasteiger partial charge in [-0.3, -0.25) is 0 Å². The Hall–Kier alpha value is -1.81. The van der Waals surface area contributed by atoms with Crippen LogP contribution in [-0.4, -0.2) is 9.97 Å². The van der Waals surface area contributed by atoms with E-state index in [9.17, 15) is 0 Å². The Bertz CT molecular complexity index is 540. The Morgan fingerprint density at radius 1 is 1.17 bits per heavy atom. The molecular weight excluding hydrogens is 250 g/mol. The fourth-order valence-corrected chi connectivity index (χ4v) is 1.60. The SMILES string of the molecule is CC(C)c1cc(Oc2ccc(N)cc2)nc(Cl)n1. The van der Waals surface area contributed by atoms with Gasteiger partial charge in [0.15, 0.2) is 0 Å². The summed E-state index contributed by atoms with van der Waals surface area (Å²) in [5.41, 5.74) is 7.14. The summed E-state index contributed by atoms with van der Waals surface area (Å²) in [6, 6.07) is 8.87. The first kappa shape index (κ1) is 12.6. The molecule has 2 rings (SSSR count). The van der Waals surface area contributed by atoms with E-state index in [1.807, 2.05) is 13.8 Å². The van der Waals surface area contributed by atoms with Crippen LogP contribution in [0.2, 0.25) is 5.28 Å². The summed E-state index contributed by atoms with van der Waals surface area (Å²) in [6.07, 6.45) is 0. The second-order valence-corrected chi connectivity index (χ2v) is 4.56. The van der Waals surface area contributed by atoms with Gasteiger partial charge in [-0.2, -0.15) is 4.98 Å². The van der Waals surface area contributed by atoms with Gasteiger partial charge in [0.25, 0.3) is 0 Å². The number of hydrogen-bond acceptors (Lipinski definition) is 4. The van der Waals surface area contributed by atoms with Crippen LogP contribution in [0, 0.1) is 0 Å². The standard InChI is InChI=1S/C13H14ClN3O/c1-8(2)11-7-12(17-13(14)16-11)18-10-5-3-9(15)4-6-10/h3-8H,15H2,1-2H3. The molecule has 0 unspecified atom stereocenters. The summed E-state index contributed by atoms with van der Waals surface area (Å²) in [5.74, 6) is 1.36. The summed E-state index contributed by atoms with van der Waals surface area (Å²) in [5, 5.41) is 0.187. The molecular formula is C13H14ClN3O. The fourth-order valence-electron chi connectivity index (χ4n) is 1.42. The molecule has 0 amide bonds. The van der Waals surface area contributed by atoms with Crippen LogP contribution in [0.4, 0.5) is 5.69 Å². The molecule has 2 N–H and O–H groups in total. The molecule has 2 aromatic rings. The first-order valence-corrected chi connectivity index (χ1v) is 6.00. The van der Waals surface area contributed by atoms with Crippen molar-refractivity contribution in [3.05, 3.63) is 41.3 Å². The molecule has 1 heterocycles. The Kier molecular flexibility index (Phi) is 3.67. The third-order valence-electron chi connectivity index (χ3n) is 2.39. The van der Waals surface area contributed by atoms with Crippen molar-refractivity contribution in [1.82, 2.24) is 9.97 Å². The highest BCUT2D eigenvalue weighted by molar-refractivity contribution is 6.28. The summed E-state index contributed by atoms with van der Waals surface area (Å²) < 4.78 is 5.61. The van der Waals surface area contributed by atoms with Crippen LogP contribution >= 0.6 is 11.6 Å². The van der Waals surface area contributed by atoms with Gasteiger partial charge in [0.2, 0.25) is 11.2 Å². The predicted molar refractivity (Wildman–Crippen MR) is 72.1 cm³/mol. The van der Waals surface area contributed by atoms with Crippen molar-refractivity contribution in [3.8, 4) is 11.6 Å². The van der Waals surface area contributed by atoms with E-state index in [-0.39, 0.29) is 11.2 Å². The van der Waals surface area contributed by atoms with Crippen molar-refractivity contribution >= 4 is 17.3 Å². The zero-order chi connectivity index (χ0) is 13.1. The number of rotatable bonds is 3. The van der Waals surface area contributed by atoms with E-state index >= 15 is 0 Å². The molecule has 18 heavy (non-hydrogen) atoms. The number of nitrogen functional groups attached to an aromatic ring is 1. The van der Waals surface area contributed by atoms with Crippen LogP contribution in [-0.2, 0) is 0 Å². The lowest BCUT2D eigenvalue weighted by atomic mass is 10.1. The molecule has 0 spiro atoms. The number of ether oxygens (including phenoxy) is 1. The zero-order valence-corrected chi connectivity index (χ0v) is 11.0. The zero-order valence-electron chi connectivity index (χ0n) is 10.2. The van der Waals surface area contributed by atoms with Crippen molar-refractivity contribution < 1.29 is 4.74 Å². The molecule has 4 nitrogen and oxygen atoms in total. The van der Waals surface area contributed by atoms with E-state index < -0.39 is 0 Å². The predicted octanol–water partition coefficient (Wildman–Crippen LogP) is 3.63. The average molecular weight is 264 g/mol. The molecule has 0 atom stereocenters. The summed E-state index contributed by atoms with van der Waals surface area (Å²) in [4.78, 5) is 8.18. The van der Waals surface area contributed by atoms with Gasteiger partial charge in [-0.15, -0.1) is 0 Å². The van der Waals surface area contributed by atoms with Gasteiger partial charge >= 0.3 is 0 Å². The minimum atomic E-state index is 0.187. The smallest absolute Gasteiger partial charge is 0.225 e. The number of anilines is 1. The lowest BCUT2D eigenvalue weighted by Crippen LogP contribution is -1.97. The molecule has 0 saturated carbocycles. The van der Waals surface area contributed by atoms with Crippen molar-refractivity contribution in [1.29, 1.82) is 0 Å². The second kappa shape index (κ2) is 5.23. The third kappa shape index (κ3) is 3.11. The first-order chi connectivity index (χ1) is 8.54. The summed E-state index contributed by atoms with van der Waals surface area (Å²) >= 11 is 5.86. The number of hydrogen-bond donors (Lipinski definition) is 1. The van der Waals surface area contributed by atoms with Gasteiger partial charge in [-0.1, -0.05) is 13.8 Å². The van der Waals surface area contributed by atoms with Crippen LogP contribution in [0.5, 0.6) is 11.6 Å². The molecule has 0 fully saturated rings. The molecule has 1 aromatic carbocycles. The summed E-state index contributed by atoms with van der Waals surface area (Å²) in [7, 11) is 0. The van der Waals surface area contributed by atoms with Crippen molar-refractivity contribution in [2.45, 2.75) is 19.8 Å². The Balaban J connectivity index is 2.26. The van der Waals surface area contributed by atoms with E-state index in [4.69, 9.17) is 22.1 Å². The Labute approximate surface area is 111 Å². The van der Waals surface area contributed by atoms with Crippen LogP contribution in [0.15, 0.2) is 30.3 Å². The molecule has 0 bridgehead atoms. The maximum absolute atomic E-state index is 5.86. The highest BCUT2D eigenvalue weighted by atomic mass is 35.5. The maximum atomic E-state index is 5.86. The van der Waals surface area contributed by atoms with Gasteiger partial charge in [-0.05, 0) is 41.8 Å². The lowest BCUT2D eigenvalue weighted by Gasteiger charge is -2.09. The van der Waals surface area contributed by atoms with E-state index in [1.165, 1.54) is 0 Å².